The van der Waals surface area contributed by atoms with E-state index in [1.54, 1.807) is 19.1 Å². The van der Waals surface area contributed by atoms with Crippen molar-refractivity contribution in [3.63, 3.8) is 0 Å². The lowest BCUT2D eigenvalue weighted by Crippen LogP contribution is -2.36. The Balaban J connectivity index is 1.62. The molecule has 1 aliphatic rings. The molecule has 2 unspecified atom stereocenters. The van der Waals surface area contributed by atoms with E-state index in [0.29, 0.717) is 29.4 Å². The summed E-state index contributed by atoms with van der Waals surface area (Å²) in [6.07, 6.45) is 2.43. The second kappa shape index (κ2) is 6.54. The number of rotatable bonds is 5. The summed E-state index contributed by atoms with van der Waals surface area (Å²) in [5.41, 5.74) is 1.21. The molecule has 22 heavy (non-hydrogen) atoms. The Morgan fingerprint density at radius 1 is 1.45 bits per heavy atom. The summed E-state index contributed by atoms with van der Waals surface area (Å²) < 4.78 is 24.4. The molecule has 0 aliphatic carbocycles. The van der Waals surface area contributed by atoms with Crippen molar-refractivity contribution in [2.24, 2.45) is 0 Å². The first-order valence-electron chi connectivity index (χ1n) is 7.57. The monoisotopic (exact) mass is 305 g/mol. The molecule has 1 fully saturated rings. The Morgan fingerprint density at radius 3 is 3.05 bits per heavy atom. The molecular formula is C16H20FN3O2. The number of nitrogens with one attached hydrogen (secondary N) is 1. The minimum absolute atomic E-state index is 0.231. The minimum Gasteiger partial charge on any atom is -0.377 e. The average Bonchev–Trinajstić information content (AvgIpc) is 3.19. The van der Waals surface area contributed by atoms with Crippen LogP contribution in [0.4, 0.5) is 4.39 Å². The highest BCUT2D eigenvalue weighted by atomic mass is 19.1. The van der Waals surface area contributed by atoms with Crippen LogP contribution in [0.2, 0.25) is 0 Å². The van der Waals surface area contributed by atoms with E-state index in [4.69, 9.17) is 9.26 Å². The highest BCUT2D eigenvalue weighted by molar-refractivity contribution is 5.54. The van der Waals surface area contributed by atoms with E-state index in [2.05, 4.69) is 22.4 Å². The molecule has 0 radical (unpaired) electrons. The standard InChI is InChI=1S/C16H20FN3O2/c1-10-5-6-12(8-13(10)17)16-19-15(22-20-16)9-18-11(2)14-4-3-7-21-14/h5-6,8,11,14,18H,3-4,7,9H2,1-2H3. The summed E-state index contributed by atoms with van der Waals surface area (Å²) in [4.78, 5) is 4.30. The van der Waals surface area contributed by atoms with Gasteiger partial charge in [-0.1, -0.05) is 17.3 Å². The zero-order valence-electron chi connectivity index (χ0n) is 12.8. The fourth-order valence-electron chi connectivity index (χ4n) is 2.55. The molecule has 2 heterocycles. The second-order valence-electron chi connectivity index (χ2n) is 5.70. The van der Waals surface area contributed by atoms with Crippen molar-refractivity contribution < 1.29 is 13.7 Å². The van der Waals surface area contributed by atoms with Gasteiger partial charge in [-0.3, -0.25) is 0 Å². The molecule has 2 atom stereocenters. The number of aryl methyl sites for hydroxylation is 1. The third kappa shape index (κ3) is 3.34. The molecule has 1 N–H and O–H groups in total. The van der Waals surface area contributed by atoms with Crippen LogP contribution in [0.3, 0.4) is 0 Å². The van der Waals surface area contributed by atoms with Crippen molar-refractivity contribution in [3.8, 4) is 11.4 Å². The van der Waals surface area contributed by atoms with Crippen molar-refractivity contribution in [2.45, 2.75) is 45.4 Å². The number of hydrogen-bond acceptors (Lipinski definition) is 5. The van der Waals surface area contributed by atoms with Gasteiger partial charge in [0.2, 0.25) is 11.7 Å². The van der Waals surface area contributed by atoms with Crippen LogP contribution in [0.5, 0.6) is 0 Å². The molecule has 1 aliphatic heterocycles. The van der Waals surface area contributed by atoms with Gasteiger partial charge in [0.1, 0.15) is 5.82 Å². The summed E-state index contributed by atoms with van der Waals surface area (Å²) in [6.45, 7) is 5.11. The fraction of sp³-hybridized carbons (Fsp3) is 0.500. The number of halogens is 1. The van der Waals surface area contributed by atoms with E-state index >= 15 is 0 Å². The van der Waals surface area contributed by atoms with Crippen LogP contribution in [0.25, 0.3) is 11.4 Å². The zero-order valence-corrected chi connectivity index (χ0v) is 12.8. The second-order valence-corrected chi connectivity index (χ2v) is 5.70. The number of aromatic nitrogens is 2. The zero-order chi connectivity index (χ0) is 15.5. The van der Waals surface area contributed by atoms with Crippen molar-refractivity contribution >= 4 is 0 Å². The maximum atomic E-state index is 13.6. The molecule has 0 spiro atoms. The predicted octanol–water partition coefficient (Wildman–Crippen LogP) is 2.84. The van der Waals surface area contributed by atoms with E-state index in [9.17, 15) is 4.39 Å². The first-order valence-corrected chi connectivity index (χ1v) is 7.57. The molecule has 1 aromatic heterocycles. The van der Waals surface area contributed by atoms with Crippen molar-refractivity contribution in [2.75, 3.05) is 6.61 Å². The van der Waals surface area contributed by atoms with Crippen molar-refractivity contribution in [1.82, 2.24) is 15.5 Å². The van der Waals surface area contributed by atoms with Gasteiger partial charge in [0.15, 0.2) is 0 Å². The Morgan fingerprint density at radius 2 is 2.32 bits per heavy atom. The smallest absolute Gasteiger partial charge is 0.240 e. The fourth-order valence-corrected chi connectivity index (χ4v) is 2.55. The van der Waals surface area contributed by atoms with E-state index in [1.807, 2.05) is 0 Å². The van der Waals surface area contributed by atoms with Gasteiger partial charge in [-0.15, -0.1) is 0 Å². The number of ether oxygens (including phenoxy) is 1. The Labute approximate surface area is 128 Å². The molecule has 1 saturated heterocycles. The normalized spacial score (nSPS) is 19.5. The molecule has 6 heteroatoms. The molecule has 3 rings (SSSR count). The molecule has 1 aromatic carbocycles. The Kier molecular flexibility index (Phi) is 4.49. The third-order valence-electron chi connectivity index (χ3n) is 4.00. The predicted molar refractivity (Wildman–Crippen MR) is 79.7 cm³/mol. The lowest BCUT2D eigenvalue weighted by molar-refractivity contribution is 0.0822. The minimum atomic E-state index is -0.269. The van der Waals surface area contributed by atoms with Crippen LogP contribution in [0.15, 0.2) is 22.7 Å². The summed E-state index contributed by atoms with van der Waals surface area (Å²) >= 11 is 0. The Bertz CT molecular complexity index is 638. The van der Waals surface area contributed by atoms with Crippen LogP contribution in [-0.4, -0.2) is 28.9 Å². The van der Waals surface area contributed by atoms with Crippen LogP contribution in [-0.2, 0) is 11.3 Å². The molecule has 0 saturated carbocycles. The van der Waals surface area contributed by atoms with Gasteiger partial charge in [-0.05, 0) is 38.3 Å². The summed E-state index contributed by atoms with van der Waals surface area (Å²) in [5, 5.41) is 7.24. The topological polar surface area (TPSA) is 60.2 Å². The summed E-state index contributed by atoms with van der Waals surface area (Å²) in [7, 11) is 0. The largest absolute Gasteiger partial charge is 0.377 e. The van der Waals surface area contributed by atoms with E-state index < -0.39 is 0 Å². The molecule has 2 aromatic rings. The Hall–Kier alpha value is -1.79. The quantitative estimate of drug-likeness (QED) is 0.920. The van der Waals surface area contributed by atoms with Crippen LogP contribution in [0, 0.1) is 12.7 Å². The highest BCUT2D eigenvalue weighted by Gasteiger charge is 2.22. The van der Waals surface area contributed by atoms with Gasteiger partial charge >= 0.3 is 0 Å². The van der Waals surface area contributed by atoms with E-state index in [0.717, 1.165) is 19.4 Å². The molecule has 118 valence electrons. The number of hydrogen-bond donors (Lipinski definition) is 1. The van der Waals surface area contributed by atoms with Gasteiger partial charge in [-0.2, -0.15) is 4.98 Å². The molecule has 0 bridgehead atoms. The van der Waals surface area contributed by atoms with Crippen LogP contribution in [0.1, 0.15) is 31.2 Å². The summed E-state index contributed by atoms with van der Waals surface area (Å²) in [6, 6.07) is 5.15. The first-order chi connectivity index (χ1) is 10.6. The first kappa shape index (κ1) is 15.1. The van der Waals surface area contributed by atoms with Crippen molar-refractivity contribution in [1.29, 1.82) is 0 Å². The van der Waals surface area contributed by atoms with E-state index in [-0.39, 0.29) is 18.0 Å². The number of benzene rings is 1. The van der Waals surface area contributed by atoms with Crippen LogP contribution < -0.4 is 5.32 Å². The van der Waals surface area contributed by atoms with Gasteiger partial charge in [-0.25, -0.2) is 4.39 Å². The SMILES string of the molecule is Cc1ccc(-c2noc(CNC(C)C3CCCO3)n2)cc1F. The third-order valence-corrected chi connectivity index (χ3v) is 4.00. The maximum Gasteiger partial charge on any atom is 0.240 e. The van der Waals surface area contributed by atoms with Crippen molar-refractivity contribution in [3.05, 3.63) is 35.5 Å². The van der Waals surface area contributed by atoms with Crippen LogP contribution >= 0.6 is 0 Å². The lowest BCUT2D eigenvalue weighted by Gasteiger charge is -2.18. The summed E-state index contributed by atoms with van der Waals surface area (Å²) in [5.74, 6) is 0.621. The molecule has 0 amide bonds. The number of nitrogens with zero attached hydrogens (tertiary/aromatic N) is 2. The average molecular weight is 305 g/mol. The lowest BCUT2D eigenvalue weighted by atomic mass is 10.1. The molecule has 5 nitrogen and oxygen atoms in total. The van der Waals surface area contributed by atoms with Gasteiger partial charge in [0.05, 0.1) is 12.6 Å². The van der Waals surface area contributed by atoms with Gasteiger partial charge in [0, 0.05) is 18.2 Å². The highest BCUT2D eigenvalue weighted by Crippen LogP contribution is 2.19. The van der Waals surface area contributed by atoms with Gasteiger partial charge in [0.25, 0.3) is 0 Å². The maximum absolute atomic E-state index is 13.6. The van der Waals surface area contributed by atoms with Gasteiger partial charge < -0.3 is 14.6 Å². The molecular weight excluding hydrogens is 285 g/mol. The van der Waals surface area contributed by atoms with E-state index in [1.165, 1.54) is 6.07 Å².